The van der Waals surface area contributed by atoms with Crippen molar-refractivity contribution in [1.82, 2.24) is 4.98 Å². The first kappa shape index (κ1) is 17.6. The van der Waals surface area contributed by atoms with Crippen molar-refractivity contribution in [3.8, 4) is 17.0 Å². The summed E-state index contributed by atoms with van der Waals surface area (Å²) < 4.78 is 11.1. The number of rotatable bonds is 5. The van der Waals surface area contributed by atoms with Crippen LogP contribution < -0.4 is 15.7 Å². The lowest BCUT2D eigenvalue weighted by Gasteiger charge is -2.06. The minimum Gasteiger partial charge on any atom is -0.490 e. The molecular formula is C20H15ClN2O3S. The summed E-state index contributed by atoms with van der Waals surface area (Å²) in [6.07, 6.45) is 0. The molecule has 0 amide bonds. The molecule has 0 radical (unpaired) electrons. The van der Waals surface area contributed by atoms with Gasteiger partial charge in [0.15, 0.2) is 16.5 Å². The van der Waals surface area contributed by atoms with Crippen molar-refractivity contribution in [2.24, 2.45) is 0 Å². The van der Waals surface area contributed by atoms with E-state index in [-0.39, 0.29) is 0 Å². The molecule has 4 aromatic rings. The van der Waals surface area contributed by atoms with Crippen LogP contribution in [0.4, 0.5) is 10.8 Å². The first-order chi connectivity index (χ1) is 13.2. The fourth-order valence-corrected chi connectivity index (χ4v) is 3.60. The summed E-state index contributed by atoms with van der Waals surface area (Å²) >= 11 is 7.55. The Morgan fingerprint density at radius 1 is 1.22 bits per heavy atom. The average molecular weight is 399 g/mol. The second kappa shape index (κ2) is 7.42. The Morgan fingerprint density at radius 2 is 2.07 bits per heavy atom. The summed E-state index contributed by atoms with van der Waals surface area (Å²) in [6.45, 7) is 2.38. The van der Waals surface area contributed by atoms with Crippen LogP contribution in [0.15, 0.2) is 63.1 Å². The molecule has 0 saturated carbocycles. The Balaban J connectivity index is 1.71. The molecule has 0 unspecified atom stereocenters. The average Bonchev–Trinajstić information content (AvgIpc) is 3.12. The first-order valence-electron chi connectivity index (χ1n) is 8.33. The van der Waals surface area contributed by atoms with Gasteiger partial charge in [-0.2, -0.15) is 0 Å². The van der Waals surface area contributed by atoms with Crippen LogP contribution >= 0.6 is 22.9 Å². The summed E-state index contributed by atoms with van der Waals surface area (Å²) in [4.78, 5) is 17.0. The van der Waals surface area contributed by atoms with Crippen LogP contribution in [0.1, 0.15) is 6.92 Å². The zero-order valence-corrected chi connectivity index (χ0v) is 15.9. The first-order valence-corrected chi connectivity index (χ1v) is 9.58. The van der Waals surface area contributed by atoms with Crippen LogP contribution in [0, 0.1) is 0 Å². The van der Waals surface area contributed by atoms with E-state index in [1.807, 2.05) is 42.6 Å². The summed E-state index contributed by atoms with van der Waals surface area (Å²) in [5, 5.41) is 7.00. The van der Waals surface area contributed by atoms with E-state index in [4.69, 9.17) is 20.8 Å². The van der Waals surface area contributed by atoms with Crippen molar-refractivity contribution in [3.05, 3.63) is 69.4 Å². The van der Waals surface area contributed by atoms with E-state index in [0.717, 1.165) is 11.1 Å². The predicted molar refractivity (Wildman–Crippen MR) is 109 cm³/mol. The molecule has 1 N–H and O–H groups in total. The molecule has 0 saturated heterocycles. The minimum atomic E-state index is -0.454. The molecule has 27 heavy (non-hydrogen) atoms. The normalized spacial score (nSPS) is 10.9. The van der Waals surface area contributed by atoms with Crippen LogP contribution in [0.5, 0.6) is 5.75 Å². The number of para-hydroxylation sites is 2. The summed E-state index contributed by atoms with van der Waals surface area (Å²) in [6, 6.07) is 14.7. The van der Waals surface area contributed by atoms with E-state index in [1.165, 1.54) is 11.3 Å². The molecule has 0 spiro atoms. The van der Waals surface area contributed by atoms with Gasteiger partial charge in [0.25, 0.3) is 0 Å². The zero-order chi connectivity index (χ0) is 18.8. The van der Waals surface area contributed by atoms with E-state index < -0.39 is 5.63 Å². The third kappa shape index (κ3) is 3.54. The highest BCUT2D eigenvalue weighted by atomic mass is 35.5. The van der Waals surface area contributed by atoms with Gasteiger partial charge in [0.2, 0.25) is 0 Å². The van der Waals surface area contributed by atoms with Crippen molar-refractivity contribution < 1.29 is 9.15 Å². The van der Waals surface area contributed by atoms with Crippen LogP contribution in [-0.2, 0) is 0 Å². The van der Waals surface area contributed by atoms with Gasteiger partial charge in [-0.3, -0.25) is 0 Å². The zero-order valence-electron chi connectivity index (χ0n) is 14.4. The monoisotopic (exact) mass is 398 g/mol. The fourth-order valence-electron chi connectivity index (χ4n) is 2.70. The van der Waals surface area contributed by atoms with Crippen LogP contribution in [0.25, 0.3) is 22.2 Å². The number of fused-ring (bicyclic) bond motifs is 1. The molecule has 2 aromatic carbocycles. The minimum absolute atomic E-state index is 0.402. The van der Waals surface area contributed by atoms with Crippen molar-refractivity contribution in [2.75, 3.05) is 11.9 Å². The molecule has 2 heterocycles. The number of hydrogen-bond acceptors (Lipinski definition) is 6. The predicted octanol–water partition coefficient (Wildman–Crippen LogP) is 5.71. The number of aromatic nitrogens is 1. The van der Waals surface area contributed by atoms with Crippen molar-refractivity contribution in [3.63, 3.8) is 0 Å². The fraction of sp³-hybridized carbons (Fsp3) is 0.100. The number of benzene rings is 2. The maximum atomic E-state index is 12.5. The Kier molecular flexibility index (Phi) is 4.83. The van der Waals surface area contributed by atoms with Crippen LogP contribution in [-0.4, -0.2) is 11.6 Å². The molecule has 0 aliphatic rings. The largest absolute Gasteiger partial charge is 0.490 e. The highest BCUT2D eigenvalue weighted by Crippen LogP contribution is 2.31. The Labute approximate surface area is 164 Å². The van der Waals surface area contributed by atoms with Gasteiger partial charge in [-0.15, -0.1) is 11.3 Å². The Morgan fingerprint density at radius 3 is 2.89 bits per heavy atom. The van der Waals surface area contributed by atoms with Crippen molar-refractivity contribution in [1.29, 1.82) is 0 Å². The van der Waals surface area contributed by atoms with Gasteiger partial charge in [0.1, 0.15) is 0 Å². The van der Waals surface area contributed by atoms with Crippen molar-refractivity contribution >= 4 is 44.7 Å². The summed E-state index contributed by atoms with van der Waals surface area (Å²) in [5.41, 5.74) is 1.69. The molecule has 7 heteroatoms. The number of thiazole rings is 1. The van der Waals surface area contributed by atoms with E-state index >= 15 is 0 Å². The van der Waals surface area contributed by atoms with Gasteiger partial charge in [-0.1, -0.05) is 35.9 Å². The SMILES string of the molecule is CCOc1cccc2cc(-c3csc(Nc4ccccc4Cl)n3)c(=O)oc12. The van der Waals surface area contributed by atoms with Crippen LogP contribution in [0.3, 0.4) is 0 Å². The number of anilines is 2. The lowest BCUT2D eigenvalue weighted by Crippen LogP contribution is -2.04. The Hall–Kier alpha value is -2.83. The lowest BCUT2D eigenvalue weighted by molar-refractivity contribution is 0.337. The molecule has 136 valence electrons. The second-order valence-corrected chi connectivity index (χ2v) is 6.96. The standard InChI is InChI=1S/C20H15ClN2O3S/c1-2-25-17-9-5-6-12-10-13(19(24)26-18(12)17)16-11-27-20(23-16)22-15-8-4-3-7-14(15)21/h3-11H,2H2,1H3,(H,22,23). The third-order valence-electron chi connectivity index (χ3n) is 3.92. The van der Waals surface area contributed by atoms with Gasteiger partial charge in [-0.25, -0.2) is 9.78 Å². The molecule has 0 aliphatic heterocycles. The lowest BCUT2D eigenvalue weighted by atomic mass is 10.1. The van der Waals surface area contributed by atoms with E-state index in [0.29, 0.717) is 39.4 Å². The number of nitrogens with zero attached hydrogens (tertiary/aromatic N) is 1. The maximum absolute atomic E-state index is 12.5. The number of hydrogen-bond donors (Lipinski definition) is 1. The van der Waals surface area contributed by atoms with Crippen LogP contribution in [0.2, 0.25) is 5.02 Å². The van der Waals surface area contributed by atoms with E-state index in [9.17, 15) is 4.79 Å². The van der Waals surface area contributed by atoms with Crippen molar-refractivity contribution in [2.45, 2.75) is 6.92 Å². The molecule has 2 aromatic heterocycles. The second-order valence-electron chi connectivity index (χ2n) is 5.70. The molecule has 0 fully saturated rings. The van der Waals surface area contributed by atoms with Gasteiger partial charge in [0, 0.05) is 10.8 Å². The highest BCUT2D eigenvalue weighted by molar-refractivity contribution is 7.14. The smallest absolute Gasteiger partial charge is 0.345 e. The molecule has 5 nitrogen and oxygen atoms in total. The maximum Gasteiger partial charge on any atom is 0.345 e. The van der Waals surface area contributed by atoms with Gasteiger partial charge >= 0.3 is 5.63 Å². The number of nitrogens with one attached hydrogen (secondary N) is 1. The highest BCUT2D eigenvalue weighted by Gasteiger charge is 2.14. The topological polar surface area (TPSA) is 64.4 Å². The Bertz CT molecular complexity index is 1170. The number of halogens is 1. The van der Waals surface area contributed by atoms with Gasteiger partial charge in [0.05, 0.1) is 28.6 Å². The molecule has 0 atom stereocenters. The quantitative estimate of drug-likeness (QED) is 0.436. The van der Waals surface area contributed by atoms with Gasteiger partial charge in [-0.05, 0) is 31.2 Å². The van der Waals surface area contributed by atoms with E-state index in [1.54, 1.807) is 18.2 Å². The van der Waals surface area contributed by atoms with E-state index in [2.05, 4.69) is 10.3 Å². The summed E-state index contributed by atoms with van der Waals surface area (Å²) in [7, 11) is 0. The summed E-state index contributed by atoms with van der Waals surface area (Å²) in [5.74, 6) is 0.554. The number of ether oxygens (including phenoxy) is 1. The molecule has 0 aliphatic carbocycles. The molecule has 0 bridgehead atoms. The molecular weight excluding hydrogens is 384 g/mol. The molecule has 4 rings (SSSR count). The van der Waals surface area contributed by atoms with Gasteiger partial charge < -0.3 is 14.5 Å². The third-order valence-corrected chi connectivity index (χ3v) is 5.01.